The normalized spacial score (nSPS) is 14.0. The monoisotopic (exact) mass is 471 g/mol. The van der Waals surface area contributed by atoms with Crippen LogP contribution in [-0.4, -0.2) is 34.9 Å². The number of carbonyl (C=O) groups is 3. The van der Waals surface area contributed by atoms with E-state index in [9.17, 15) is 24.5 Å². The number of benzene rings is 2. The number of anilines is 1. The van der Waals surface area contributed by atoms with E-state index in [4.69, 9.17) is 11.6 Å². The van der Waals surface area contributed by atoms with Crippen molar-refractivity contribution in [3.63, 3.8) is 0 Å². The second-order valence-electron chi connectivity index (χ2n) is 7.48. The molecule has 3 N–H and O–H groups in total. The molecule has 1 aliphatic rings. The number of hydrogen-bond donors (Lipinski definition) is 3. The molecular weight excluding hydrogens is 450 g/mol. The number of amides is 3. The lowest BCUT2D eigenvalue weighted by atomic mass is 9.95. The molecule has 1 aliphatic carbocycles. The molecule has 3 rings (SSSR count). The van der Waals surface area contributed by atoms with Gasteiger partial charge in [0.1, 0.15) is 5.02 Å². The molecule has 2 aromatic carbocycles. The first kappa shape index (κ1) is 23.9. The van der Waals surface area contributed by atoms with Gasteiger partial charge < -0.3 is 10.6 Å². The predicted octanol–water partition coefficient (Wildman–Crippen LogP) is 3.40. The molecule has 0 unspecified atom stereocenters. The second-order valence-corrected chi connectivity index (χ2v) is 7.88. The van der Waals surface area contributed by atoms with Gasteiger partial charge in [-0.2, -0.15) is 5.10 Å². The Morgan fingerprint density at radius 1 is 1.06 bits per heavy atom. The summed E-state index contributed by atoms with van der Waals surface area (Å²) < 4.78 is 0. The van der Waals surface area contributed by atoms with Gasteiger partial charge in [-0.3, -0.25) is 24.5 Å². The van der Waals surface area contributed by atoms with Crippen LogP contribution in [0.4, 0.5) is 11.4 Å². The molecule has 1 saturated carbocycles. The summed E-state index contributed by atoms with van der Waals surface area (Å²) in [6, 6.07) is 10.5. The molecule has 0 aromatic heterocycles. The number of rotatable bonds is 6. The molecular formula is C22H22ClN5O5. The van der Waals surface area contributed by atoms with Gasteiger partial charge in [-0.15, -0.1) is 0 Å². The Bertz CT molecular complexity index is 1100. The molecule has 0 aliphatic heterocycles. The third-order valence-electron chi connectivity index (χ3n) is 5.11. The van der Waals surface area contributed by atoms with Gasteiger partial charge >= 0.3 is 11.8 Å². The lowest BCUT2D eigenvalue weighted by Crippen LogP contribution is -2.37. The van der Waals surface area contributed by atoms with Gasteiger partial charge in [-0.05, 0) is 31.0 Å². The summed E-state index contributed by atoms with van der Waals surface area (Å²) in [5.41, 5.74) is 2.48. The van der Waals surface area contributed by atoms with Crippen LogP contribution in [0.5, 0.6) is 0 Å². The van der Waals surface area contributed by atoms with Crippen LogP contribution in [0, 0.1) is 10.1 Å². The summed E-state index contributed by atoms with van der Waals surface area (Å²) in [7, 11) is 0. The van der Waals surface area contributed by atoms with Crippen LogP contribution in [0.25, 0.3) is 0 Å². The maximum absolute atomic E-state index is 12.7. The van der Waals surface area contributed by atoms with E-state index in [0.717, 1.165) is 38.3 Å². The average molecular weight is 472 g/mol. The molecule has 1 fully saturated rings. The van der Waals surface area contributed by atoms with Crippen LogP contribution in [0.1, 0.15) is 48.0 Å². The topological polar surface area (TPSA) is 143 Å². The summed E-state index contributed by atoms with van der Waals surface area (Å²) in [6.07, 6.45) is 6.25. The fourth-order valence-electron chi connectivity index (χ4n) is 3.45. The first-order valence-electron chi connectivity index (χ1n) is 10.3. The van der Waals surface area contributed by atoms with Crippen molar-refractivity contribution in [3.8, 4) is 0 Å². The first-order valence-corrected chi connectivity index (χ1v) is 10.7. The predicted molar refractivity (Wildman–Crippen MR) is 123 cm³/mol. The van der Waals surface area contributed by atoms with E-state index in [0.29, 0.717) is 5.56 Å². The minimum atomic E-state index is -1.07. The third kappa shape index (κ3) is 6.59. The van der Waals surface area contributed by atoms with Gasteiger partial charge in [0.15, 0.2) is 0 Å². The van der Waals surface area contributed by atoms with E-state index >= 15 is 0 Å². The fourth-order valence-corrected chi connectivity index (χ4v) is 3.63. The van der Waals surface area contributed by atoms with Gasteiger partial charge in [-0.25, -0.2) is 5.43 Å². The Labute approximate surface area is 194 Å². The van der Waals surface area contributed by atoms with E-state index in [1.165, 1.54) is 24.3 Å². The van der Waals surface area contributed by atoms with Gasteiger partial charge in [0.25, 0.3) is 11.6 Å². The molecule has 11 heteroatoms. The van der Waals surface area contributed by atoms with Crippen molar-refractivity contribution < 1.29 is 19.3 Å². The SMILES string of the molecule is O=C(N/N=C\c1ccc(Cl)c([N+](=O)[O-])c1)C(=O)Nc1ccccc1C(=O)NC1CCCCC1. The Kier molecular flexibility index (Phi) is 8.09. The first-order chi connectivity index (χ1) is 15.8. The Balaban J connectivity index is 1.60. The maximum Gasteiger partial charge on any atom is 0.329 e. The molecule has 172 valence electrons. The van der Waals surface area contributed by atoms with E-state index < -0.39 is 16.7 Å². The molecule has 33 heavy (non-hydrogen) atoms. The number of carbonyl (C=O) groups excluding carboxylic acids is 3. The lowest BCUT2D eigenvalue weighted by Gasteiger charge is -2.23. The Morgan fingerprint density at radius 3 is 2.52 bits per heavy atom. The summed E-state index contributed by atoms with van der Waals surface area (Å²) >= 11 is 5.75. The van der Waals surface area contributed by atoms with Gasteiger partial charge in [0.2, 0.25) is 0 Å². The number of nitro groups is 1. The van der Waals surface area contributed by atoms with Crippen molar-refractivity contribution in [2.75, 3.05) is 5.32 Å². The van der Waals surface area contributed by atoms with Crippen LogP contribution in [-0.2, 0) is 9.59 Å². The number of hydrazone groups is 1. The summed E-state index contributed by atoms with van der Waals surface area (Å²) in [5, 5.41) is 19.9. The highest BCUT2D eigenvalue weighted by atomic mass is 35.5. The minimum absolute atomic E-state index is 0.0354. The fraction of sp³-hybridized carbons (Fsp3) is 0.273. The van der Waals surface area contributed by atoms with E-state index in [2.05, 4.69) is 15.7 Å². The van der Waals surface area contributed by atoms with E-state index in [1.54, 1.807) is 18.2 Å². The number of nitrogens with one attached hydrogen (secondary N) is 3. The van der Waals surface area contributed by atoms with Crippen LogP contribution in [0.15, 0.2) is 47.6 Å². The molecule has 0 atom stereocenters. The average Bonchev–Trinajstić information content (AvgIpc) is 2.80. The molecule has 0 heterocycles. The standard InChI is InChI=1S/C22H22ClN5O5/c23-17-11-10-14(12-19(17)28(32)33)13-24-27-22(31)21(30)26-18-9-5-4-8-16(18)20(29)25-15-6-2-1-3-7-15/h4-5,8-13,15H,1-3,6-7H2,(H,25,29)(H,26,30)(H,27,31)/b24-13-. The smallest absolute Gasteiger partial charge is 0.329 e. The molecule has 2 aromatic rings. The van der Waals surface area contributed by atoms with Crippen molar-refractivity contribution >= 4 is 46.9 Å². The van der Waals surface area contributed by atoms with Crippen molar-refractivity contribution in [2.45, 2.75) is 38.1 Å². The van der Waals surface area contributed by atoms with Crippen LogP contribution in [0.3, 0.4) is 0 Å². The number of nitro benzene ring substituents is 1. The molecule has 3 amide bonds. The second kappa shape index (κ2) is 11.2. The summed E-state index contributed by atoms with van der Waals surface area (Å²) in [6.45, 7) is 0. The minimum Gasteiger partial charge on any atom is -0.349 e. The van der Waals surface area contributed by atoms with E-state index in [-0.39, 0.29) is 33.9 Å². The van der Waals surface area contributed by atoms with Gasteiger partial charge in [-0.1, -0.05) is 49.1 Å². The highest BCUT2D eigenvalue weighted by Gasteiger charge is 2.21. The number of halogens is 1. The van der Waals surface area contributed by atoms with Crippen LogP contribution >= 0.6 is 11.6 Å². The van der Waals surface area contributed by atoms with Crippen LogP contribution in [0.2, 0.25) is 5.02 Å². The number of nitrogens with zero attached hydrogens (tertiary/aromatic N) is 2. The molecule has 0 spiro atoms. The van der Waals surface area contributed by atoms with E-state index in [1.807, 2.05) is 5.43 Å². The molecule has 0 bridgehead atoms. The lowest BCUT2D eigenvalue weighted by molar-refractivity contribution is -0.384. The zero-order valence-corrected chi connectivity index (χ0v) is 18.3. The van der Waals surface area contributed by atoms with Crippen molar-refractivity contribution in [1.82, 2.24) is 10.7 Å². The zero-order chi connectivity index (χ0) is 23.8. The highest BCUT2D eigenvalue weighted by molar-refractivity contribution is 6.40. The maximum atomic E-state index is 12.7. The third-order valence-corrected chi connectivity index (χ3v) is 5.43. The number of para-hydroxylation sites is 1. The van der Waals surface area contributed by atoms with Crippen molar-refractivity contribution in [2.24, 2.45) is 5.10 Å². The number of hydrogen-bond acceptors (Lipinski definition) is 6. The Hall–Kier alpha value is -3.79. The van der Waals surface area contributed by atoms with Gasteiger partial charge in [0, 0.05) is 17.7 Å². The Morgan fingerprint density at radius 2 is 1.79 bits per heavy atom. The quantitative estimate of drug-likeness (QED) is 0.256. The van der Waals surface area contributed by atoms with Gasteiger partial charge in [0.05, 0.1) is 22.4 Å². The highest BCUT2D eigenvalue weighted by Crippen LogP contribution is 2.24. The molecule has 0 radical (unpaired) electrons. The summed E-state index contributed by atoms with van der Waals surface area (Å²) in [5.74, 6) is -2.41. The van der Waals surface area contributed by atoms with Crippen molar-refractivity contribution in [1.29, 1.82) is 0 Å². The molecule has 0 saturated heterocycles. The summed E-state index contributed by atoms with van der Waals surface area (Å²) in [4.78, 5) is 47.3. The zero-order valence-electron chi connectivity index (χ0n) is 17.5. The van der Waals surface area contributed by atoms with Crippen molar-refractivity contribution in [3.05, 3.63) is 68.7 Å². The van der Waals surface area contributed by atoms with Crippen LogP contribution < -0.4 is 16.1 Å². The molecule has 10 nitrogen and oxygen atoms in total. The largest absolute Gasteiger partial charge is 0.349 e.